The molecule has 6 nitrogen and oxygen atoms in total. The molecule has 168 valence electrons. The molecule has 33 heavy (non-hydrogen) atoms. The quantitative estimate of drug-likeness (QED) is 0.361. The highest BCUT2D eigenvalue weighted by Gasteiger charge is 2.30. The van der Waals surface area contributed by atoms with Crippen LogP contribution in [0, 0.1) is 6.92 Å². The van der Waals surface area contributed by atoms with Crippen LogP contribution in [0.4, 0.5) is 24.0 Å². The molecular formula is C23H16F3N3O3S. The number of rotatable bonds is 5. The van der Waals surface area contributed by atoms with Gasteiger partial charge in [0.15, 0.2) is 10.9 Å². The molecule has 0 spiro atoms. The lowest BCUT2D eigenvalue weighted by Crippen LogP contribution is -2.15. The van der Waals surface area contributed by atoms with E-state index in [4.69, 9.17) is 4.42 Å². The van der Waals surface area contributed by atoms with Crippen molar-refractivity contribution in [3.63, 3.8) is 0 Å². The number of anilines is 2. The first kappa shape index (κ1) is 22.3. The Kier molecular flexibility index (Phi) is 6.01. The summed E-state index contributed by atoms with van der Waals surface area (Å²) in [4.78, 5) is 29.2. The standard InChI is InChI=1S/C23H16F3N3O3S/c1-13-7-8-15(11-17(13)27-21(31)19-6-3-9-32-19)20(30)29-22-28-18(12-33-22)14-4-2-5-16(10-14)23(24,25)26/h2-12H,1H3,(H,27,31)(H,28,29,30). The minimum Gasteiger partial charge on any atom is -0.459 e. The van der Waals surface area contributed by atoms with Crippen LogP contribution >= 0.6 is 11.3 Å². The van der Waals surface area contributed by atoms with Crippen molar-refractivity contribution in [2.24, 2.45) is 0 Å². The summed E-state index contributed by atoms with van der Waals surface area (Å²) in [6.07, 6.45) is -3.08. The lowest BCUT2D eigenvalue weighted by molar-refractivity contribution is -0.137. The van der Waals surface area contributed by atoms with Crippen molar-refractivity contribution in [2.75, 3.05) is 10.6 Å². The van der Waals surface area contributed by atoms with Crippen molar-refractivity contribution < 1.29 is 27.2 Å². The number of hydrogen-bond donors (Lipinski definition) is 2. The summed E-state index contributed by atoms with van der Waals surface area (Å²) >= 11 is 1.09. The third kappa shape index (κ3) is 5.12. The van der Waals surface area contributed by atoms with Crippen molar-refractivity contribution in [1.29, 1.82) is 0 Å². The number of nitrogens with zero attached hydrogens (tertiary/aromatic N) is 1. The van der Waals surface area contributed by atoms with E-state index >= 15 is 0 Å². The molecule has 10 heteroatoms. The molecule has 0 aliphatic rings. The number of halogens is 3. The van der Waals surface area contributed by atoms with E-state index in [-0.39, 0.29) is 16.5 Å². The molecule has 0 saturated heterocycles. The fourth-order valence-electron chi connectivity index (χ4n) is 2.98. The Balaban J connectivity index is 1.49. The zero-order chi connectivity index (χ0) is 23.6. The Hall–Kier alpha value is -3.92. The molecule has 0 saturated carbocycles. The van der Waals surface area contributed by atoms with Crippen molar-refractivity contribution in [1.82, 2.24) is 4.98 Å². The minimum absolute atomic E-state index is 0.133. The largest absolute Gasteiger partial charge is 0.459 e. The molecule has 0 radical (unpaired) electrons. The van der Waals surface area contributed by atoms with Gasteiger partial charge < -0.3 is 9.73 Å². The molecule has 0 aliphatic carbocycles. The highest BCUT2D eigenvalue weighted by Crippen LogP contribution is 2.33. The van der Waals surface area contributed by atoms with Crippen molar-refractivity contribution in [3.05, 3.63) is 88.7 Å². The molecule has 2 amide bonds. The van der Waals surface area contributed by atoms with Gasteiger partial charge >= 0.3 is 6.18 Å². The monoisotopic (exact) mass is 471 g/mol. The van der Waals surface area contributed by atoms with Gasteiger partial charge in [-0.2, -0.15) is 13.2 Å². The van der Waals surface area contributed by atoms with Crippen LogP contribution in [0.25, 0.3) is 11.3 Å². The number of furan rings is 1. The average molecular weight is 471 g/mol. The van der Waals surface area contributed by atoms with E-state index in [1.165, 1.54) is 30.5 Å². The van der Waals surface area contributed by atoms with E-state index in [2.05, 4.69) is 15.6 Å². The molecule has 4 aromatic rings. The average Bonchev–Trinajstić information content (AvgIpc) is 3.47. The fourth-order valence-corrected chi connectivity index (χ4v) is 3.69. The maximum Gasteiger partial charge on any atom is 0.416 e. The number of aryl methyl sites for hydroxylation is 1. The normalized spacial score (nSPS) is 11.3. The fraction of sp³-hybridized carbons (Fsp3) is 0.0870. The summed E-state index contributed by atoms with van der Waals surface area (Å²) in [5, 5.41) is 7.13. The minimum atomic E-state index is -4.46. The van der Waals surface area contributed by atoms with E-state index in [1.54, 1.807) is 30.5 Å². The number of hydrogen-bond acceptors (Lipinski definition) is 5. The number of benzene rings is 2. The second-order valence-electron chi connectivity index (χ2n) is 7.03. The maximum absolute atomic E-state index is 13.0. The molecule has 4 rings (SSSR count). The molecule has 0 fully saturated rings. The number of nitrogens with one attached hydrogen (secondary N) is 2. The van der Waals surface area contributed by atoms with E-state index in [9.17, 15) is 22.8 Å². The Labute approximate surface area is 190 Å². The van der Waals surface area contributed by atoms with Gasteiger partial charge in [0, 0.05) is 22.2 Å². The lowest BCUT2D eigenvalue weighted by Gasteiger charge is -2.09. The van der Waals surface area contributed by atoms with Crippen molar-refractivity contribution in [3.8, 4) is 11.3 Å². The third-order valence-electron chi connectivity index (χ3n) is 4.70. The number of alkyl halides is 3. The summed E-state index contributed by atoms with van der Waals surface area (Å²) in [5.41, 5.74) is 1.28. The molecule has 2 heterocycles. The van der Waals surface area contributed by atoms with Crippen LogP contribution in [0.3, 0.4) is 0 Å². The Morgan fingerprint density at radius 2 is 1.82 bits per heavy atom. The van der Waals surface area contributed by atoms with Crippen molar-refractivity contribution in [2.45, 2.75) is 13.1 Å². The van der Waals surface area contributed by atoms with Crippen LogP contribution in [0.2, 0.25) is 0 Å². The molecule has 2 aromatic heterocycles. The smallest absolute Gasteiger partial charge is 0.416 e. The van der Waals surface area contributed by atoms with Crippen LogP contribution in [0.1, 0.15) is 32.0 Å². The van der Waals surface area contributed by atoms with Gasteiger partial charge in [0.25, 0.3) is 11.8 Å². The van der Waals surface area contributed by atoms with E-state index in [0.29, 0.717) is 16.9 Å². The van der Waals surface area contributed by atoms with Crippen molar-refractivity contribution >= 4 is 34.0 Å². The SMILES string of the molecule is Cc1ccc(C(=O)Nc2nc(-c3cccc(C(F)(F)F)c3)cs2)cc1NC(=O)c1ccco1. The van der Waals surface area contributed by atoms with E-state index in [1.807, 2.05) is 0 Å². The van der Waals surface area contributed by atoms with Gasteiger partial charge in [-0.05, 0) is 48.9 Å². The third-order valence-corrected chi connectivity index (χ3v) is 5.46. The van der Waals surface area contributed by atoms with E-state index < -0.39 is 23.6 Å². The zero-order valence-electron chi connectivity index (χ0n) is 17.1. The summed E-state index contributed by atoms with van der Waals surface area (Å²) in [6, 6.07) is 12.7. The maximum atomic E-state index is 13.0. The van der Waals surface area contributed by atoms with Gasteiger partial charge in [0.05, 0.1) is 17.5 Å². The molecule has 0 aliphatic heterocycles. The van der Waals surface area contributed by atoms with Gasteiger partial charge in [-0.25, -0.2) is 4.98 Å². The molecule has 0 unspecified atom stereocenters. The first-order valence-corrected chi connectivity index (χ1v) is 10.5. The van der Waals surface area contributed by atoms with Gasteiger partial charge in [0.1, 0.15) is 0 Å². The predicted molar refractivity (Wildman–Crippen MR) is 118 cm³/mol. The van der Waals surface area contributed by atoms with Gasteiger partial charge in [-0.15, -0.1) is 11.3 Å². The van der Waals surface area contributed by atoms with Gasteiger partial charge in [0.2, 0.25) is 0 Å². The summed E-state index contributed by atoms with van der Waals surface area (Å²) in [6.45, 7) is 1.78. The molecule has 0 atom stereocenters. The lowest BCUT2D eigenvalue weighted by atomic mass is 10.1. The molecule has 2 N–H and O–H groups in total. The first-order valence-electron chi connectivity index (χ1n) is 9.61. The first-order chi connectivity index (χ1) is 15.7. The number of carbonyl (C=O) groups is 2. The van der Waals surface area contributed by atoms with Crippen LogP contribution in [0.5, 0.6) is 0 Å². The van der Waals surface area contributed by atoms with Gasteiger partial charge in [-0.1, -0.05) is 18.2 Å². The number of aromatic nitrogens is 1. The topological polar surface area (TPSA) is 84.2 Å². The van der Waals surface area contributed by atoms with Crippen LogP contribution < -0.4 is 10.6 Å². The Bertz CT molecular complexity index is 1310. The second-order valence-corrected chi connectivity index (χ2v) is 7.89. The summed E-state index contributed by atoms with van der Waals surface area (Å²) < 4.78 is 44.0. The Morgan fingerprint density at radius 1 is 1.00 bits per heavy atom. The van der Waals surface area contributed by atoms with Crippen LogP contribution in [-0.4, -0.2) is 16.8 Å². The highest BCUT2D eigenvalue weighted by atomic mass is 32.1. The highest BCUT2D eigenvalue weighted by molar-refractivity contribution is 7.14. The van der Waals surface area contributed by atoms with E-state index in [0.717, 1.165) is 29.0 Å². The number of carbonyl (C=O) groups excluding carboxylic acids is 2. The Morgan fingerprint density at radius 3 is 2.55 bits per heavy atom. The molecule has 2 aromatic carbocycles. The van der Waals surface area contributed by atoms with Gasteiger partial charge in [-0.3, -0.25) is 14.9 Å². The number of amides is 2. The van der Waals surface area contributed by atoms with Crippen LogP contribution in [0.15, 0.2) is 70.7 Å². The molecule has 0 bridgehead atoms. The zero-order valence-corrected chi connectivity index (χ0v) is 17.9. The summed E-state index contributed by atoms with van der Waals surface area (Å²) in [7, 11) is 0. The summed E-state index contributed by atoms with van der Waals surface area (Å²) in [5.74, 6) is -0.797. The molecular weight excluding hydrogens is 455 g/mol. The second kappa shape index (κ2) is 8.91. The number of thiazole rings is 1. The van der Waals surface area contributed by atoms with Crippen LogP contribution in [-0.2, 0) is 6.18 Å². The predicted octanol–water partition coefficient (Wildman–Crippen LogP) is 6.23.